The van der Waals surface area contributed by atoms with E-state index in [1.54, 1.807) is 6.08 Å². The Morgan fingerprint density at radius 2 is 0.934 bits per heavy atom. The Labute approximate surface area is 374 Å². The highest BCUT2D eigenvalue weighted by Gasteiger charge is 2.44. The van der Waals surface area contributed by atoms with Gasteiger partial charge in [-0.15, -0.1) is 0 Å². The molecule has 0 aliphatic carbocycles. The van der Waals surface area contributed by atoms with Gasteiger partial charge in [0, 0.05) is 6.42 Å². The second-order valence-electron chi connectivity index (χ2n) is 18.0. The second kappa shape index (κ2) is 42.4. The van der Waals surface area contributed by atoms with Gasteiger partial charge < -0.3 is 40.3 Å². The number of unbranched alkanes of at least 4 members (excludes halogenated alkanes) is 29. The number of allylic oxidation sites excluding steroid dienone is 5. The fraction of sp³-hybridized carbons (Fsp3) is 0.865. The average Bonchev–Trinajstić information content (AvgIpc) is 3.26. The molecule has 0 saturated carbocycles. The van der Waals surface area contributed by atoms with E-state index in [-0.39, 0.29) is 12.5 Å². The Hall–Kier alpha value is -1.59. The summed E-state index contributed by atoms with van der Waals surface area (Å²) < 4.78 is 11.2. The van der Waals surface area contributed by atoms with Gasteiger partial charge in [0.15, 0.2) is 6.29 Å². The number of rotatable bonds is 43. The van der Waals surface area contributed by atoms with E-state index in [2.05, 4.69) is 43.5 Å². The molecule has 0 bridgehead atoms. The first-order chi connectivity index (χ1) is 29.8. The van der Waals surface area contributed by atoms with Crippen LogP contribution >= 0.6 is 0 Å². The summed E-state index contributed by atoms with van der Waals surface area (Å²) in [6, 6.07) is -0.824. The third-order valence-electron chi connectivity index (χ3n) is 12.2. The molecule has 6 N–H and O–H groups in total. The van der Waals surface area contributed by atoms with Crippen LogP contribution in [-0.2, 0) is 14.3 Å². The second-order valence-corrected chi connectivity index (χ2v) is 18.0. The number of amides is 1. The van der Waals surface area contributed by atoms with Crippen molar-refractivity contribution in [2.24, 2.45) is 0 Å². The van der Waals surface area contributed by atoms with E-state index in [1.165, 1.54) is 167 Å². The maximum atomic E-state index is 13.0. The third-order valence-corrected chi connectivity index (χ3v) is 12.2. The van der Waals surface area contributed by atoms with E-state index in [0.29, 0.717) is 6.42 Å². The van der Waals surface area contributed by atoms with Gasteiger partial charge in [0.25, 0.3) is 0 Å². The van der Waals surface area contributed by atoms with Crippen LogP contribution < -0.4 is 5.32 Å². The van der Waals surface area contributed by atoms with Crippen molar-refractivity contribution < 1.29 is 39.8 Å². The van der Waals surface area contributed by atoms with E-state index in [4.69, 9.17) is 9.47 Å². The molecule has 1 amide bonds. The molecule has 1 rings (SSSR count). The molecule has 358 valence electrons. The molecular formula is C52H97NO8. The van der Waals surface area contributed by atoms with E-state index in [0.717, 1.165) is 44.9 Å². The van der Waals surface area contributed by atoms with Gasteiger partial charge in [-0.3, -0.25) is 4.79 Å². The van der Waals surface area contributed by atoms with Gasteiger partial charge in [0.05, 0.1) is 25.4 Å². The zero-order valence-corrected chi connectivity index (χ0v) is 39.4. The van der Waals surface area contributed by atoms with E-state index in [1.807, 2.05) is 6.08 Å². The molecule has 0 radical (unpaired) electrons. The first-order valence-corrected chi connectivity index (χ1v) is 25.7. The third kappa shape index (κ3) is 32.7. The quantitative estimate of drug-likeness (QED) is 0.0262. The summed E-state index contributed by atoms with van der Waals surface area (Å²) >= 11 is 0. The molecule has 1 aliphatic heterocycles. The van der Waals surface area contributed by atoms with Crippen LogP contribution in [0.2, 0.25) is 0 Å². The van der Waals surface area contributed by atoms with Crippen molar-refractivity contribution in [1.82, 2.24) is 5.32 Å². The molecule has 7 atom stereocenters. The van der Waals surface area contributed by atoms with Gasteiger partial charge in [0.1, 0.15) is 24.4 Å². The minimum atomic E-state index is -1.57. The summed E-state index contributed by atoms with van der Waals surface area (Å²) in [5.41, 5.74) is 0. The van der Waals surface area contributed by atoms with E-state index in [9.17, 15) is 30.3 Å². The van der Waals surface area contributed by atoms with Gasteiger partial charge in [-0.2, -0.15) is 0 Å². The van der Waals surface area contributed by atoms with Crippen molar-refractivity contribution in [2.45, 2.75) is 275 Å². The number of carbonyl (C=O) groups is 1. The van der Waals surface area contributed by atoms with Gasteiger partial charge >= 0.3 is 0 Å². The summed E-state index contributed by atoms with van der Waals surface area (Å²) in [5.74, 6) is -0.190. The van der Waals surface area contributed by atoms with Gasteiger partial charge in [-0.05, 0) is 44.9 Å². The van der Waals surface area contributed by atoms with E-state index < -0.39 is 49.5 Å². The Kier molecular flexibility index (Phi) is 39.9. The fourth-order valence-electron chi connectivity index (χ4n) is 8.07. The van der Waals surface area contributed by atoms with Gasteiger partial charge in [-0.25, -0.2) is 0 Å². The highest BCUT2D eigenvalue weighted by Crippen LogP contribution is 2.23. The minimum Gasteiger partial charge on any atom is -0.394 e. The zero-order valence-electron chi connectivity index (χ0n) is 39.4. The SMILES string of the molecule is CCCCCCCCCCCCCCCCC/C=C/CC/C=C/CC/C=C/C(O)C(COC1OC(CO)C(O)C(O)C1O)NC(=O)CCCCCCCCCCCCCCC. The van der Waals surface area contributed by atoms with Crippen LogP contribution in [0.15, 0.2) is 36.5 Å². The lowest BCUT2D eigenvalue weighted by atomic mass is 9.99. The standard InChI is InChI=1S/C52H97NO8/c1-3-5-7-9-11-13-15-17-18-19-20-21-22-23-24-25-26-27-28-30-31-33-35-37-39-41-46(55)45(44-60-52-51(59)50(58)49(57)47(43-54)61-52)53-48(56)42-40-38-36-34-32-29-16-14-12-10-8-6-4-2/h26-27,31,33,39,41,45-47,49-52,54-55,57-59H,3-25,28-30,32,34-38,40,42-44H2,1-2H3,(H,53,56)/b27-26+,33-31+,41-39+. The highest BCUT2D eigenvalue weighted by atomic mass is 16.7. The number of ether oxygens (including phenoxy) is 2. The molecule has 9 nitrogen and oxygen atoms in total. The molecule has 1 heterocycles. The number of hydrogen-bond donors (Lipinski definition) is 6. The van der Waals surface area contributed by atoms with Crippen LogP contribution in [0.1, 0.15) is 232 Å². The van der Waals surface area contributed by atoms with Crippen LogP contribution in [0.4, 0.5) is 0 Å². The van der Waals surface area contributed by atoms with Crippen LogP contribution in [0.3, 0.4) is 0 Å². The van der Waals surface area contributed by atoms with Crippen molar-refractivity contribution in [3.63, 3.8) is 0 Å². The molecule has 0 aromatic heterocycles. The van der Waals surface area contributed by atoms with Crippen LogP contribution in [0.5, 0.6) is 0 Å². The first-order valence-electron chi connectivity index (χ1n) is 25.7. The van der Waals surface area contributed by atoms with Crippen molar-refractivity contribution in [3.8, 4) is 0 Å². The maximum absolute atomic E-state index is 13.0. The molecule has 9 heteroatoms. The predicted octanol–water partition coefficient (Wildman–Crippen LogP) is 11.6. The molecule has 61 heavy (non-hydrogen) atoms. The maximum Gasteiger partial charge on any atom is 0.220 e. The molecule has 0 aromatic rings. The minimum absolute atomic E-state index is 0.190. The number of aliphatic hydroxyl groups excluding tert-OH is 5. The molecule has 0 aromatic carbocycles. The average molecular weight is 864 g/mol. The molecule has 0 spiro atoms. The Bertz CT molecular complexity index is 1050. The number of carbonyl (C=O) groups excluding carboxylic acids is 1. The molecule has 1 aliphatic rings. The number of aliphatic hydroxyl groups is 5. The van der Waals surface area contributed by atoms with Crippen LogP contribution in [0, 0.1) is 0 Å². The number of hydrogen-bond acceptors (Lipinski definition) is 8. The summed E-state index contributed by atoms with van der Waals surface area (Å²) in [6.07, 6.45) is 46.3. The van der Waals surface area contributed by atoms with E-state index >= 15 is 0 Å². The van der Waals surface area contributed by atoms with Gasteiger partial charge in [-0.1, -0.05) is 217 Å². The molecule has 1 saturated heterocycles. The molecule has 1 fully saturated rings. The van der Waals surface area contributed by atoms with Crippen LogP contribution in [0.25, 0.3) is 0 Å². The van der Waals surface area contributed by atoms with Gasteiger partial charge in [0.2, 0.25) is 5.91 Å². The number of nitrogens with one attached hydrogen (secondary N) is 1. The highest BCUT2D eigenvalue weighted by molar-refractivity contribution is 5.76. The van der Waals surface area contributed by atoms with Crippen molar-refractivity contribution in [2.75, 3.05) is 13.2 Å². The molecular weight excluding hydrogens is 767 g/mol. The summed E-state index contributed by atoms with van der Waals surface area (Å²) in [4.78, 5) is 13.0. The predicted molar refractivity (Wildman–Crippen MR) is 253 cm³/mol. The van der Waals surface area contributed by atoms with Crippen molar-refractivity contribution in [1.29, 1.82) is 0 Å². The summed E-state index contributed by atoms with van der Waals surface area (Å²) in [7, 11) is 0. The lowest BCUT2D eigenvalue weighted by Crippen LogP contribution is -2.60. The Balaban J connectivity index is 2.30. The van der Waals surface area contributed by atoms with Crippen LogP contribution in [-0.4, -0.2) is 87.5 Å². The fourth-order valence-corrected chi connectivity index (χ4v) is 8.07. The van der Waals surface area contributed by atoms with Crippen molar-refractivity contribution >= 4 is 5.91 Å². The normalized spacial score (nSPS) is 20.7. The largest absolute Gasteiger partial charge is 0.394 e. The molecule has 7 unspecified atom stereocenters. The first kappa shape index (κ1) is 57.4. The lowest BCUT2D eigenvalue weighted by molar-refractivity contribution is -0.302. The zero-order chi connectivity index (χ0) is 44.4. The Morgan fingerprint density at radius 1 is 0.541 bits per heavy atom. The topological polar surface area (TPSA) is 149 Å². The lowest BCUT2D eigenvalue weighted by Gasteiger charge is -2.40. The smallest absolute Gasteiger partial charge is 0.220 e. The Morgan fingerprint density at radius 3 is 1.38 bits per heavy atom. The monoisotopic (exact) mass is 864 g/mol. The summed E-state index contributed by atoms with van der Waals surface area (Å²) in [5, 5.41) is 54.2. The van der Waals surface area contributed by atoms with Crippen molar-refractivity contribution in [3.05, 3.63) is 36.5 Å². The summed E-state index contributed by atoms with van der Waals surface area (Å²) in [6.45, 7) is 3.76.